The van der Waals surface area contributed by atoms with Gasteiger partial charge in [0.05, 0.1) is 0 Å². The van der Waals surface area contributed by atoms with Crippen LogP contribution in [0.5, 0.6) is 0 Å². The Labute approximate surface area is 79.5 Å². The van der Waals surface area contributed by atoms with Gasteiger partial charge in [0.25, 0.3) is 0 Å². The second-order valence-electron chi connectivity index (χ2n) is 3.07. The molecule has 1 aliphatic carbocycles. The van der Waals surface area contributed by atoms with Crippen LogP contribution in [-0.2, 0) is 0 Å². The highest BCUT2D eigenvalue weighted by Crippen LogP contribution is 2.19. The van der Waals surface area contributed by atoms with E-state index in [1.54, 1.807) is 11.1 Å². The standard InChI is InChI=1S/C10H16ClN/c11-7-3-8-12-9-6-10-4-1-2-5-10/h3-4,7,12H,1-2,5-6,8-9H2/b7-3+. The predicted molar refractivity (Wildman–Crippen MR) is 54.4 cm³/mol. The molecule has 0 bridgehead atoms. The summed E-state index contributed by atoms with van der Waals surface area (Å²) in [6, 6.07) is 0. The third-order valence-corrected chi connectivity index (χ3v) is 2.29. The van der Waals surface area contributed by atoms with E-state index in [-0.39, 0.29) is 0 Å². The van der Waals surface area contributed by atoms with Crippen LogP contribution in [0.25, 0.3) is 0 Å². The molecule has 0 aromatic rings. The number of allylic oxidation sites excluding steroid dienone is 1. The van der Waals surface area contributed by atoms with Crippen molar-refractivity contribution in [3.63, 3.8) is 0 Å². The molecule has 0 aromatic carbocycles. The number of halogens is 1. The summed E-state index contributed by atoms with van der Waals surface area (Å²) < 4.78 is 0. The summed E-state index contributed by atoms with van der Waals surface area (Å²) in [5.74, 6) is 0. The molecule has 2 heteroatoms. The van der Waals surface area contributed by atoms with Crippen LogP contribution in [0.4, 0.5) is 0 Å². The van der Waals surface area contributed by atoms with Crippen LogP contribution in [0.1, 0.15) is 25.7 Å². The van der Waals surface area contributed by atoms with Crippen LogP contribution >= 0.6 is 11.6 Å². The number of hydrogen-bond donors (Lipinski definition) is 1. The van der Waals surface area contributed by atoms with Gasteiger partial charge in [0.2, 0.25) is 0 Å². The van der Waals surface area contributed by atoms with E-state index in [9.17, 15) is 0 Å². The van der Waals surface area contributed by atoms with Crippen molar-refractivity contribution in [2.75, 3.05) is 13.1 Å². The SMILES string of the molecule is Cl/C=C/CNCCC1=CCCC1. The van der Waals surface area contributed by atoms with Crippen LogP contribution in [0.3, 0.4) is 0 Å². The molecule has 0 radical (unpaired) electrons. The molecule has 0 atom stereocenters. The van der Waals surface area contributed by atoms with Crippen LogP contribution in [0, 0.1) is 0 Å². The molecule has 0 heterocycles. The Kier molecular flexibility index (Phi) is 5.13. The minimum Gasteiger partial charge on any atom is -0.313 e. The van der Waals surface area contributed by atoms with E-state index in [1.807, 2.05) is 6.08 Å². The van der Waals surface area contributed by atoms with Crippen molar-refractivity contribution in [1.29, 1.82) is 0 Å². The molecule has 0 aromatic heterocycles. The molecule has 0 unspecified atom stereocenters. The van der Waals surface area contributed by atoms with Gasteiger partial charge < -0.3 is 5.32 Å². The van der Waals surface area contributed by atoms with E-state index in [0.29, 0.717) is 0 Å². The molecule has 1 rings (SSSR count). The first-order valence-corrected chi connectivity index (χ1v) is 5.01. The molecule has 0 aliphatic heterocycles. The summed E-state index contributed by atoms with van der Waals surface area (Å²) in [4.78, 5) is 0. The zero-order valence-corrected chi connectivity index (χ0v) is 8.11. The molecule has 0 fully saturated rings. The van der Waals surface area contributed by atoms with Gasteiger partial charge in [-0.15, -0.1) is 0 Å². The van der Waals surface area contributed by atoms with Crippen molar-refractivity contribution >= 4 is 11.6 Å². The normalized spacial score (nSPS) is 17.2. The molecule has 0 saturated heterocycles. The maximum Gasteiger partial charge on any atom is 0.0146 e. The quantitative estimate of drug-likeness (QED) is 0.513. The monoisotopic (exact) mass is 185 g/mol. The highest BCUT2D eigenvalue weighted by molar-refractivity contribution is 6.25. The molecule has 12 heavy (non-hydrogen) atoms. The van der Waals surface area contributed by atoms with Gasteiger partial charge in [-0.1, -0.05) is 29.3 Å². The van der Waals surface area contributed by atoms with E-state index in [1.165, 1.54) is 25.7 Å². The minimum atomic E-state index is 0.886. The maximum absolute atomic E-state index is 5.38. The predicted octanol–water partition coefficient (Wildman–Crippen LogP) is 2.83. The van der Waals surface area contributed by atoms with Crippen molar-refractivity contribution in [2.24, 2.45) is 0 Å². The first kappa shape index (κ1) is 9.82. The van der Waals surface area contributed by atoms with Crippen LogP contribution in [-0.4, -0.2) is 13.1 Å². The summed E-state index contributed by atoms with van der Waals surface area (Å²) in [6.07, 6.45) is 9.46. The Morgan fingerprint density at radius 1 is 1.58 bits per heavy atom. The van der Waals surface area contributed by atoms with E-state index < -0.39 is 0 Å². The first-order chi connectivity index (χ1) is 5.93. The largest absolute Gasteiger partial charge is 0.313 e. The number of nitrogens with one attached hydrogen (secondary N) is 1. The zero-order valence-electron chi connectivity index (χ0n) is 7.35. The Bertz CT molecular complexity index is 173. The molecule has 1 aliphatic rings. The Morgan fingerprint density at radius 2 is 2.50 bits per heavy atom. The summed E-state index contributed by atoms with van der Waals surface area (Å²) in [7, 11) is 0. The molecule has 0 spiro atoms. The van der Waals surface area contributed by atoms with Gasteiger partial charge in [-0.25, -0.2) is 0 Å². The van der Waals surface area contributed by atoms with Gasteiger partial charge in [-0.05, 0) is 32.2 Å². The van der Waals surface area contributed by atoms with Crippen LogP contribution in [0.15, 0.2) is 23.3 Å². The summed E-state index contributed by atoms with van der Waals surface area (Å²) in [5.41, 5.74) is 3.18. The van der Waals surface area contributed by atoms with Gasteiger partial charge in [0.1, 0.15) is 0 Å². The van der Waals surface area contributed by atoms with E-state index in [2.05, 4.69) is 11.4 Å². The fraction of sp³-hybridized carbons (Fsp3) is 0.600. The Hall–Kier alpha value is -0.270. The average Bonchev–Trinajstić information content (AvgIpc) is 2.57. The van der Waals surface area contributed by atoms with E-state index >= 15 is 0 Å². The molecular weight excluding hydrogens is 170 g/mol. The lowest BCUT2D eigenvalue weighted by atomic mass is 10.2. The van der Waals surface area contributed by atoms with Crippen molar-refractivity contribution in [2.45, 2.75) is 25.7 Å². The van der Waals surface area contributed by atoms with Crippen LogP contribution < -0.4 is 5.32 Å². The Balaban J connectivity index is 1.95. The van der Waals surface area contributed by atoms with Gasteiger partial charge in [0, 0.05) is 12.1 Å². The van der Waals surface area contributed by atoms with Crippen LogP contribution in [0.2, 0.25) is 0 Å². The smallest absolute Gasteiger partial charge is 0.0146 e. The lowest BCUT2D eigenvalue weighted by molar-refractivity contribution is 0.726. The first-order valence-electron chi connectivity index (χ1n) is 4.57. The lowest BCUT2D eigenvalue weighted by Gasteiger charge is -2.01. The summed E-state index contributed by atoms with van der Waals surface area (Å²) >= 11 is 5.38. The number of rotatable bonds is 5. The third kappa shape index (κ3) is 3.93. The minimum absolute atomic E-state index is 0.886. The fourth-order valence-electron chi connectivity index (χ4n) is 1.44. The molecule has 1 nitrogen and oxygen atoms in total. The average molecular weight is 186 g/mol. The lowest BCUT2D eigenvalue weighted by Crippen LogP contribution is -2.15. The third-order valence-electron chi connectivity index (χ3n) is 2.11. The van der Waals surface area contributed by atoms with Gasteiger partial charge in [-0.3, -0.25) is 0 Å². The highest BCUT2D eigenvalue weighted by Gasteiger charge is 2.02. The topological polar surface area (TPSA) is 12.0 Å². The van der Waals surface area contributed by atoms with Crippen molar-refractivity contribution in [3.8, 4) is 0 Å². The summed E-state index contributed by atoms with van der Waals surface area (Å²) in [5, 5.41) is 3.30. The van der Waals surface area contributed by atoms with E-state index in [0.717, 1.165) is 13.1 Å². The van der Waals surface area contributed by atoms with Gasteiger partial charge in [-0.2, -0.15) is 0 Å². The van der Waals surface area contributed by atoms with Gasteiger partial charge in [0.15, 0.2) is 0 Å². The molecule has 0 amide bonds. The Morgan fingerprint density at radius 3 is 3.17 bits per heavy atom. The van der Waals surface area contributed by atoms with Crippen molar-refractivity contribution in [1.82, 2.24) is 5.32 Å². The second-order valence-corrected chi connectivity index (χ2v) is 3.32. The van der Waals surface area contributed by atoms with Gasteiger partial charge >= 0.3 is 0 Å². The van der Waals surface area contributed by atoms with Crippen molar-refractivity contribution < 1.29 is 0 Å². The molecule has 1 N–H and O–H groups in total. The second kappa shape index (κ2) is 6.27. The highest BCUT2D eigenvalue weighted by atomic mass is 35.5. The molecule has 68 valence electrons. The summed E-state index contributed by atoms with van der Waals surface area (Å²) in [6.45, 7) is 1.96. The zero-order chi connectivity index (χ0) is 8.65. The maximum atomic E-state index is 5.38. The van der Waals surface area contributed by atoms with E-state index in [4.69, 9.17) is 11.6 Å². The molecule has 0 saturated carbocycles. The van der Waals surface area contributed by atoms with Crippen molar-refractivity contribution in [3.05, 3.63) is 23.3 Å². The molecular formula is C10H16ClN. The number of hydrogen-bond acceptors (Lipinski definition) is 1. The fourth-order valence-corrected chi connectivity index (χ4v) is 1.53.